The van der Waals surface area contributed by atoms with E-state index in [9.17, 15) is 14.4 Å². The maximum absolute atomic E-state index is 13.5. The zero-order valence-corrected chi connectivity index (χ0v) is 26.7. The number of nitrogens with zero attached hydrogens (tertiary/aromatic N) is 4. The van der Waals surface area contributed by atoms with Crippen molar-refractivity contribution in [3.63, 3.8) is 0 Å². The molecule has 0 radical (unpaired) electrons. The number of pyridine rings is 1. The highest BCUT2D eigenvalue weighted by Gasteiger charge is 2.21. The molecule has 3 aromatic carbocycles. The van der Waals surface area contributed by atoms with Crippen molar-refractivity contribution in [1.29, 1.82) is 5.41 Å². The molecule has 0 saturated carbocycles. The van der Waals surface area contributed by atoms with E-state index < -0.39 is 5.97 Å². The largest absolute Gasteiger partial charge is 0.478 e. The monoisotopic (exact) mass is 647 g/mol. The highest BCUT2D eigenvalue weighted by atomic mass is 16.5. The van der Waals surface area contributed by atoms with Gasteiger partial charge >= 0.3 is 11.9 Å². The number of aromatic nitrogens is 3. The van der Waals surface area contributed by atoms with Gasteiger partial charge < -0.3 is 25.5 Å². The number of imidazole rings is 1. The molecular weight excluding hydrogens is 610 g/mol. The minimum absolute atomic E-state index is 0.0229. The number of carbonyl (C=O) groups excluding carboxylic acids is 2. The van der Waals surface area contributed by atoms with Gasteiger partial charge in [0, 0.05) is 42.7 Å². The second-order valence-corrected chi connectivity index (χ2v) is 10.4. The Balaban J connectivity index is 0.000000401. The molecule has 0 aliphatic carbocycles. The summed E-state index contributed by atoms with van der Waals surface area (Å²) in [5.41, 5.74) is 9.96. The number of amidine groups is 1. The number of carboxylic acids is 1. The van der Waals surface area contributed by atoms with Crippen LogP contribution in [-0.2, 0) is 27.9 Å². The van der Waals surface area contributed by atoms with Crippen LogP contribution < -0.4 is 16.0 Å². The molecule has 0 atom stereocenters. The van der Waals surface area contributed by atoms with Crippen LogP contribution in [0.3, 0.4) is 0 Å². The number of ether oxygens (including phenoxy) is 1. The number of aliphatic carboxylic acids is 1. The molecule has 0 spiro atoms. The molecule has 5 N–H and O–H groups in total. The maximum atomic E-state index is 13.5. The van der Waals surface area contributed by atoms with Gasteiger partial charge in [0.2, 0.25) is 0 Å². The molecule has 0 aliphatic heterocycles. The number of hydrogen-bond donors (Lipinski definition) is 4. The average Bonchev–Trinajstić information content (AvgIpc) is 3.42. The van der Waals surface area contributed by atoms with E-state index in [2.05, 4.69) is 10.3 Å². The number of benzene rings is 3. The summed E-state index contributed by atoms with van der Waals surface area (Å²) in [6.07, 6.45) is 4.34. The number of carbonyl (C=O) groups is 3. The molecule has 246 valence electrons. The highest BCUT2D eigenvalue weighted by Crippen LogP contribution is 2.21. The zero-order valence-electron chi connectivity index (χ0n) is 26.7. The molecule has 0 fully saturated rings. The van der Waals surface area contributed by atoms with E-state index in [1.165, 1.54) is 4.90 Å². The van der Waals surface area contributed by atoms with Gasteiger partial charge in [-0.25, -0.2) is 14.8 Å². The quantitative estimate of drug-likeness (QED) is 0.0610. The first kappa shape index (κ1) is 34.6. The number of nitrogens with two attached hydrogens (primary N) is 1. The van der Waals surface area contributed by atoms with Crippen LogP contribution >= 0.6 is 0 Å². The molecular formula is C36H37N7O5. The first-order chi connectivity index (χ1) is 23.2. The van der Waals surface area contributed by atoms with Crippen LogP contribution in [0.2, 0.25) is 0 Å². The smallest absolute Gasteiger partial charge is 0.328 e. The van der Waals surface area contributed by atoms with Gasteiger partial charge in [0.05, 0.1) is 30.6 Å². The van der Waals surface area contributed by atoms with Gasteiger partial charge in [0.1, 0.15) is 17.5 Å². The van der Waals surface area contributed by atoms with Crippen molar-refractivity contribution in [3.05, 3.63) is 126 Å². The van der Waals surface area contributed by atoms with E-state index in [0.717, 1.165) is 28.7 Å². The van der Waals surface area contributed by atoms with E-state index in [4.69, 9.17) is 26.0 Å². The Morgan fingerprint density at radius 2 is 1.71 bits per heavy atom. The van der Waals surface area contributed by atoms with Crippen LogP contribution in [0, 0.1) is 5.41 Å². The SMILES string of the molecule is CCOC(=O)CCN(C(=O)c1ccc2c(c1)nc(CNc1ccc(C(=N)N)cc1)n2C)c1ccccn1.O=C(O)/C=C/c1ccccc1. The molecule has 0 saturated heterocycles. The van der Waals surface area contributed by atoms with Gasteiger partial charge in [-0.15, -0.1) is 0 Å². The summed E-state index contributed by atoms with van der Waals surface area (Å²) in [6, 6.07) is 27.3. The first-order valence-electron chi connectivity index (χ1n) is 15.1. The van der Waals surface area contributed by atoms with Gasteiger partial charge in [-0.05, 0) is 73.2 Å². The van der Waals surface area contributed by atoms with Crippen molar-refractivity contribution in [1.82, 2.24) is 14.5 Å². The van der Waals surface area contributed by atoms with Gasteiger partial charge in [0.25, 0.3) is 5.91 Å². The molecule has 2 aromatic heterocycles. The fourth-order valence-corrected chi connectivity index (χ4v) is 4.65. The van der Waals surface area contributed by atoms with Crippen molar-refractivity contribution in [2.45, 2.75) is 19.9 Å². The normalized spacial score (nSPS) is 10.6. The number of nitrogens with one attached hydrogen (secondary N) is 2. The van der Waals surface area contributed by atoms with Gasteiger partial charge in [-0.3, -0.25) is 19.9 Å². The molecule has 1 amide bonds. The summed E-state index contributed by atoms with van der Waals surface area (Å²) in [5.74, 6) is -0.299. The van der Waals surface area contributed by atoms with E-state index in [1.54, 1.807) is 61.7 Å². The van der Waals surface area contributed by atoms with Crippen molar-refractivity contribution in [2.24, 2.45) is 12.8 Å². The highest BCUT2D eigenvalue weighted by molar-refractivity contribution is 6.07. The topological polar surface area (TPSA) is 177 Å². The molecule has 0 unspecified atom stereocenters. The Bertz CT molecular complexity index is 1890. The van der Waals surface area contributed by atoms with Crippen LogP contribution in [-0.4, -0.2) is 56.5 Å². The minimum atomic E-state index is -0.922. The number of rotatable bonds is 12. The summed E-state index contributed by atoms with van der Waals surface area (Å²) in [6.45, 7) is 2.64. The lowest BCUT2D eigenvalue weighted by atomic mass is 10.1. The molecule has 5 rings (SSSR count). The van der Waals surface area contributed by atoms with Crippen molar-refractivity contribution in [3.8, 4) is 0 Å². The lowest BCUT2D eigenvalue weighted by molar-refractivity contribution is -0.142. The maximum Gasteiger partial charge on any atom is 0.328 e. The number of amides is 1. The summed E-state index contributed by atoms with van der Waals surface area (Å²) < 4.78 is 7.00. The summed E-state index contributed by atoms with van der Waals surface area (Å²) in [4.78, 5) is 46.1. The van der Waals surface area contributed by atoms with Crippen LogP contribution in [0.25, 0.3) is 17.1 Å². The minimum Gasteiger partial charge on any atom is -0.478 e. The number of carboxylic acid groups (broad SMARTS) is 1. The molecule has 12 nitrogen and oxygen atoms in total. The number of anilines is 2. The Hall–Kier alpha value is -6.30. The third-order valence-corrected chi connectivity index (χ3v) is 7.10. The first-order valence-corrected chi connectivity index (χ1v) is 15.1. The zero-order chi connectivity index (χ0) is 34.5. The number of hydrogen-bond acceptors (Lipinski definition) is 8. The standard InChI is InChI=1S/C27H29N7O3.C9H8O2/c1-3-37-25(35)13-15-34(23-6-4-5-14-30-23)27(36)19-9-12-22-21(16-19)32-24(33(22)2)17-31-20-10-7-18(8-11-20)26(28)29;10-9(11)7-6-8-4-2-1-3-5-8/h4-12,14,16,31H,3,13,15,17H2,1-2H3,(H3,28,29);1-7H,(H,10,11)/b;7-6+. The molecule has 0 bridgehead atoms. The Morgan fingerprint density at radius 1 is 1.00 bits per heavy atom. The predicted molar refractivity (Wildman–Crippen MR) is 186 cm³/mol. The number of nitrogen functional groups attached to an aromatic ring is 1. The van der Waals surface area contributed by atoms with Crippen molar-refractivity contribution < 1.29 is 24.2 Å². The van der Waals surface area contributed by atoms with Crippen LogP contribution in [0.5, 0.6) is 0 Å². The van der Waals surface area contributed by atoms with Crippen molar-refractivity contribution in [2.75, 3.05) is 23.4 Å². The van der Waals surface area contributed by atoms with Crippen LogP contribution in [0.4, 0.5) is 11.5 Å². The van der Waals surface area contributed by atoms with Gasteiger partial charge in [0.15, 0.2) is 0 Å². The molecule has 2 heterocycles. The summed E-state index contributed by atoms with van der Waals surface area (Å²) in [5, 5.41) is 19.1. The molecule has 5 aromatic rings. The lowest BCUT2D eigenvalue weighted by Gasteiger charge is -2.21. The average molecular weight is 648 g/mol. The predicted octanol–water partition coefficient (Wildman–Crippen LogP) is 5.25. The van der Waals surface area contributed by atoms with Gasteiger partial charge in [-0.2, -0.15) is 0 Å². The fourth-order valence-electron chi connectivity index (χ4n) is 4.65. The Labute approximate surface area is 278 Å². The van der Waals surface area contributed by atoms with Crippen LogP contribution in [0.1, 0.15) is 40.7 Å². The number of esters is 1. The van der Waals surface area contributed by atoms with Crippen molar-refractivity contribution >= 4 is 52.3 Å². The third kappa shape index (κ3) is 9.60. The molecule has 0 aliphatic rings. The van der Waals surface area contributed by atoms with Crippen LogP contribution in [0.15, 0.2) is 103 Å². The number of aryl methyl sites for hydroxylation is 1. The second kappa shape index (κ2) is 16.9. The Kier molecular flexibility index (Phi) is 12.1. The van der Waals surface area contributed by atoms with E-state index in [0.29, 0.717) is 29.0 Å². The van der Waals surface area contributed by atoms with E-state index >= 15 is 0 Å². The number of fused-ring (bicyclic) bond motifs is 1. The fraction of sp³-hybridized carbons (Fsp3) is 0.167. The molecule has 12 heteroatoms. The Morgan fingerprint density at radius 3 is 2.35 bits per heavy atom. The van der Waals surface area contributed by atoms with E-state index in [1.807, 2.05) is 60.1 Å². The van der Waals surface area contributed by atoms with E-state index in [-0.39, 0.29) is 37.3 Å². The lowest BCUT2D eigenvalue weighted by Crippen LogP contribution is -2.34. The second-order valence-electron chi connectivity index (χ2n) is 10.4. The third-order valence-electron chi connectivity index (χ3n) is 7.10. The summed E-state index contributed by atoms with van der Waals surface area (Å²) >= 11 is 0. The van der Waals surface area contributed by atoms with Gasteiger partial charge in [-0.1, -0.05) is 36.4 Å². The molecule has 48 heavy (non-hydrogen) atoms. The summed E-state index contributed by atoms with van der Waals surface area (Å²) in [7, 11) is 1.92.